The smallest absolute Gasteiger partial charge is 0.0595 e. The highest BCUT2D eigenvalue weighted by molar-refractivity contribution is 9.10. The molecule has 0 radical (unpaired) electrons. The van der Waals surface area contributed by atoms with E-state index < -0.39 is 0 Å². The number of aryl methyl sites for hydroxylation is 1. The summed E-state index contributed by atoms with van der Waals surface area (Å²) in [5.41, 5.74) is 7.65. The van der Waals surface area contributed by atoms with Gasteiger partial charge in [-0.25, -0.2) is 0 Å². The minimum atomic E-state index is 0.110. The zero-order valence-electron chi connectivity index (χ0n) is 14.3. The normalized spacial score (nSPS) is 18.4. The van der Waals surface area contributed by atoms with Gasteiger partial charge in [0.25, 0.3) is 0 Å². The van der Waals surface area contributed by atoms with Crippen molar-refractivity contribution in [2.45, 2.75) is 25.7 Å². The Morgan fingerprint density at radius 1 is 0.769 bits per heavy atom. The van der Waals surface area contributed by atoms with Crippen LogP contribution in [-0.2, 0) is 0 Å². The van der Waals surface area contributed by atoms with Crippen LogP contribution in [0, 0.1) is 6.92 Å². The number of benzene rings is 3. The number of rotatable bonds is 1. The van der Waals surface area contributed by atoms with Gasteiger partial charge in [0, 0.05) is 20.8 Å². The fourth-order valence-electron chi connectivity index (χ4n) is 4.10. The third-order valence-corrected chi connectivity index (χ3v) is 7.40. The lowest BCUT2D eigenvalue weighted by Crippen LogP contribution is -2.19. The molecule has 0 saturated heterocycles. The monoisotopic (exact) mass is 508 g/mol. The zero-order valence-corrected chi connectivity index (χ0v) is 19.0. The summed E-state index contributed by atoms with van der Waals surface area (Å²) >= 11 is 20.2. The first-order chi connectivity index (χ1) is 12.4. The topological polar surface area (TPSA) is 0 Å². The molecular weight excluding hydrogens is 495 g/mol. The van der Waals surface area contributed by atoms with Crippen molar-refractivity contribution in [2.75, 3.05) is 0 Å². The summed E-state index contributed by atoms with van der Waals surface area (Å²) in [7, 11) is 0. The quantitative estimate of drug-likeness (QED) is 0.308. The van der Waals surface area contributed by atoms with E-state index in [4.69, 9.17) is 23.2 Å². The van der Waals surface area contributed by atoms with Gasteiger partial charge in [0.2, 0.25) is 0 Å². The van der Waals surface area contributed by atoms with E-state index in [1.54, 1.807) is 0 Å². The van der Waals surface area contributed by atoms with Crippen LogP contribution in [0.2, 0.25) is 10.0 Å². The highest BCUT2D eigenvalue weighted by atomic mass is 79.9. The van der Waals surface area contributed by atoms with E-state index >= 15 is 0 Å². The van der Waals surface area contributed by atoms with Crippen LogP contribution in [0.25, 0.3) is 0 Å². The van der Waals surface area contributed by atoms with Crippen molar-refractivity contribution in [3.8, 4) is 0 Å². The molecule has 26 heavy (non-hydrogen) atoms. The van der Waals surface area contributed by atoms with Crippen molar-refractivity contribution >= 4 is 55.1 Å². The van der Waals surface area contributed by atoms with Crippen LogP contribution in [0.1, 0.15) is 52.1 Å². The van der Waals surface area contributed by atoms with E-state index in [2.05, 4.69) is 82.1 Å². The maximum atomic E-state index is 6.41. The average Bonchev–Trinajstić information content (AvgIpc) is 2.60. The van der Waals surface area contributed by atoms with Crippen LogP contribution in [0.4, 0.5) is 0 Å². The SMILES string of the molecule is Cc1cc(Cl)c(Cl)cc1C1c2cccc(Br)c2C(C)c2cccc(Br)c21. The molecule has 0 amide bonds. The highest BCUT2D eigenvalue weighted by Crippen LogP contribution is 2.51. The molecule has 0 N–H and O–H groups in total. The molecule has 0 nitrogen and oxygen atoms in total. The van der Waals surface area contributed by atoms with E-state index in [1.165, 1.54) is 27.8 Å². The summed E-state index contributed by atoms with van der Waals surface area (Å²) < 4.78 is 2.28. The second-order valence-corrected chi connectivity index (χ2v) is 9.29. The summed E-state index contributed by atoms with van der Waals surface area (Å²) in [6.45, 7) is 4.37. The van der Waals surface area contributed by atoms with Crippen LogP contribution < -0.4 is 0 Å². The molecule has 3 aromatic rings. The first-order valence-electron chi connectivity index (χ1n) is 8.42. The lowest BCUT2D eigenvalue weighted by Gasteiger charge is -2.35. The molecule has 2 atom stereocenters. The Kier molecular flexibility index (Phi) is 4.98. The molecule has 0 aromatic heterocycles. The molecule has 4 rings (SSSR count). The van der Waals surface area contributed by atoms with Gasteiger partial charge < -0.3 is 0 Å². The molecule has 0 fully saturated rings. The molecule has 3 aromatic carbocycles. The Bertz CT molecular complexity index is 1030. The van der Waals surface area contributed by atoms with Gasteiger partial charge in [-0.05, 0) is 64.6 Å². The summed E-state index contributed by atoms with van der Waals surface area (Å²) in [4.78, 5) is 0. The Hall–Kier alpha value is -0.800. The minimum Gasteiger partial charge on any atom is -0.0827 e. The van der Waals surface area contributed by atoms with Crippen LogP contribution >= 0.6 is 55.1 Å². The fraction of sp³-hybridized carbons (Fsp3) is 0.182. The van der Waals surface area contributed by atoms with Crippen molar-refractivity contribution in [3.63, 3.8) is 0 Å². The van der Waals surface area contributed by atoms with E-state index in [0.29, 0.717) is 16.0 Å². The van der Waals surface area contributed by atoms with Crippen molar-refractivity contribution in [3.05, 3.63) is 101 Å². The maximum Gasteiger partial charge on any atom is 0.0595 e. The summed E-state index contributed by atoms with van der Waals surface area (Å²) in [6.07, 6.45) is 0. The molecule has 0 spiro atoms. The number of hydrogen-bond acceptors (Lipinski definition) is 0. The van der Waals surface area contributed by atoms with Gasteiger partial charge in [0.1, 0.15) is 0 Å². The summed E-state index contributed by atoms with van der Waals surface area (Å²) in [6, 6.07) is 16.9. The summed E-state index contributed by atoms with van der Waals surface area (Å²) in [5, 5.41) is 1.19. The van der Waals surface area contributed by atoms with Crippen LogP contribution in [0.5, 0.6) is 0 Å². The molecule has 132 valence electrons. The van der Waals surface area contributed by atoms with Gasteiger partial charge in [-0.2, -0.15) is 0 Å². The van der Waals surface area contributed by atoms with Crippen molar-refractivity contribution in [1.82, 2.24) is 0 Å². The summed E-state index contributed by atoms with van der Waals surface area (Å²) in [5.74, 6) is 0.423. The highest BCUT2D eigenvalue weighted by Gasteiger charge is 2.34. The van der Waals surface area contributed by atoms with Gasteiger partial charge in [0.15, 0.2) is 0 Å². The zero-order chi connectivity index (χ0) is 18.6. The fourth-order valence-corrected chi connectivity index (χ4v) is 5.83. The predicted octanol–water partition coefficient (Wildman–Crippen LogP) is 8.47. The van der Waals surface area contributed by atoms with E-state index in [-0.39, 0.29) is 5.92 Å². The Morgan fingerprint density at radius 3 is 2.04 bits per heavy atom. The molecule has 0 heterocycles. The number of hydrogen-bond donors (Lipinski definition) is 0. The van der Waals surface area contributed by atoms with E-state index in [9.17, 15) is 0 Å². The van der Waals surface area contributed by atoms with E-state index in [1.807, 2.05) is 12.1 Å². The number of fused-ring (bicyclic) bond motifs is 2. The molecule has 0 saturated carbocycles. The second-order valence-electron chi connectivity index (χ2n) is 6.76. The Labute approximate surface area is 180 Å². The van der Waals surface area contributed by atoms with Gasteiger partial charge in [-0.3, -0.25) is 0 Å². The average molecular weight is 511 g/mol. The second kappa shape index (κ2) is 6.98. The van der Waals surface area contributed by atoms with Crippen molar-refractivity contribution in [1.29, 1.82) is 0 Å². The molecular formula is C22H16Br2Cl2. The van der Waals surface area contributed by atoms with Gasteiger partial charge >= 0.3 is 0 Å². The third-order valence-electron chi connectivity index (χ3n) is 5.29. The van der Waals surface area contributed by atoms with E-state index in [0.717, 1.165) is 14.5 Å². The standard InChI is InChI=1S/C22H16Br2Cl2/c1-11-9-18(25)19(26)10-15(11)21-14-6-4-7-16(23)20(14)12(2)13-5-3-8-17(24)22(13)21/h3-10,12,21H,1-2H3. The largest absolute Gasteiger partial charge is 0.0827 e. The Balaban J connectivity index is 2.09. The molecule has 4 heteroatoms. The van der Waals surface area contributed by atoms with Crippen LogP contribution in [0.3, 0.4) is 0 Å². The first-order valence-corrected chi connectivity index (χ1v) is 10.8. The molecule has 1 aliphatic rings. The minimum absolute atomic E-state index is 0.110. The van der Waals surface area contributed by atoms with Gasteiger partial charge in [0.05, 0.1) is 10.0 Å². The number of halogens is 4. The maximum absolute atomic E-state index is 6.41. The third kappa shape index (κ3) is 2.86. The molecule has 1 aliphatic carbocycles. The van der Waals surface area contributed by atoms with Crippen LogP contribution in [0.15, 0.2) is 57.5 Å². The van der Waals surface area contributed by atoms with Crippen LogP contribution in [-0.4, -0.2) is 0 Å². The Morgan fingerprint density at radius 2 is 1.35 bits per heavy atom. The van der Waals surface area contributed by atoms with Crippen molar-refractivity contribution < 1.29 is 0 Å². The van der Waals surface area contributed by atoms with Crippen molar-refractivity contribution in [2.24, 2.45) is 0 Å². The lowest BCUT2D eigenvalue weighted by atomic mass is 9.70. The van der Waals surface area contributed by atoms with Gasteiger partial charge in [-0.1, -0.05) is 86.3 Å². The molecule has 2 unspecified atom stereocenters. The predicted molar refractivity (Wildman–Crippen MR) is 118 cm³/mol. The lowest BCUT2D eigenvalue weighted by molar-refractivity contribution is 0.783. The molecule has 0 bridgehead atoms. The first kappa shape index (κ1) is 18.6. The molecule has 0 aliphatic heterocycles. The van der Waals surface area contributed by atoms with Gasteiger partial charge in [-0.15, -0.1) is 0 Å².